The SMILES string of the molecule is COC1(c2cc(F)c(-c3ccc4cnc(Nc5cnccc5C5CC(C)=CC(N)C5)n4n3)c(F)c2)CCCC1. The third-order valence-corrected chi connectivity index (χ3v) is 8.18. The van der Waals surface area contributed by atoms with Gasteiger partial charge in [-0.1, -0.05) is 24.5 Å². The summed E-state index contributed by atoms with van der Waals surface area (Å²) in [4.78, 5) is 8.80. The van der Waals surface area contributed by atoms with Crippen LogP contribution >= 0.6 is 0 Å². The fourth-order valence-corrected chi connectivity index (χ4v) is 6.26. The van der Waals surface area contributed by atoms with Crippen LogP contribution in [0, 0.1) is 11.6 Å². The van der Waals surface area contributed by atoms with Crippen molar-refractivity contribution >= 4 is 17.2 Å². The zero-order valence-corrected chi connectivity index (χ0v) is 22.1. The number of aromatic nitrogens is 4. The molecule has 202 valence electrons. The van der Waals surface area contributed by atoms with Crippen LogP contribution in [0.3, 0.4) is 0 Å². The van der Waals surface area contributed by atoms with Gasteiger partial charge >= 0.3 is 0 Å². The molecule has 0 aliphatic heterocycles. The summed E-state index contributed by atoms with van der Waals surface area (Å²) in [6.45, 7) is 2.10. The zero-order chi connectivity index (χ0) is 27.1. The van der Waals surface area contributed by atoms with E-state index in [-0.39, 0.29) is 23.2 Å². The monoisotopic (exact) mass is 530 g/mol. The van der Waals surface area contributed by atoms with Crippen LogP contribution in [0.25, 0.3) is 16.8 Å². The van der Waals surface area contributed by atoms with Gasteiger partial charge < -0.3 is 15.8 Å². The van der Waals surface area contributed by atoms with Gasteiger partial charge in [-0.2, -0.15) is 9.61 Å². The van der Waals surface area contributed by atoms with E-state index in [9.17, 15) is 0 Å². The van der Waals surface area contributed by atoms with Crippen LogP contribution in [0.4, 0.5) is 20.4 Å². The van der Waals surface area contributed by atoms with Crippen LogP contribution in [0.1, 0.15) is 62.5 Å². The second-order valence-corrected chi connectivity index (χ2v) is 10.8. The Balaban J connectivity index is 1.35. The fraction of sp³-hybridized carbons (Fsp3) is 0.367. The number of nitrogens with zero attached hydrogens (tertiary/aromatic N) is 4. The number of nitrogens with one attached hydrogen (secondary N) is 1. The van der Waals surface area contributed by atoms with Crippen molar-refractivity contribution in [2.24, 2.45) is 5.73 Å². The molecule has 3 aromatic heterocycles. The Morgan fingerprint density at radius 2 is 1.87 bits per heavy atom. The zero-order valence-electron chi connectivity index (χ0n) is 22.1. The largest absolute Gasteiger partial charge is 0.374 e. The lowest BCUT2D eigenvalue weighted by Gasteiger charge is -2.28. The molecule has 1 saturated carbocycles. The summed E-state index contributed by atoms with van der Waals surface area (Å²) < 4.78 is 38.2. The Kier molecular flexibility index (Phi) is 6.64. The minimum absolute atomic E-state index is 0.00450. The van der Waals surface area contributed by atoms with E-state index in [1.165, 1.54) is 17.7 Å². The molecule has 0 bridgehead atoms. The van der Waals surface area contributed by atoms with Crippen molar-refractivity contribution in [1.29, 1.82) is 0 Å². The molecular formula is C30H32F2N6O. The van der Waals surface area contributed by atoms with Crippen LogP contribution in [0.2, 0.25) is 0 Å². The summed E-state index contributed by atoms with van der Waals surface area (Å²) in [6.07, 6.45) is 12.5. The third-order valence-electron chi connectivity index (χ3n) is 8.18. The molecule has 0 radical (unpaired) electrons. The van der Waals surface area contributed by atoms with E-state index < -0.39 is 17.2 Å². The number of anilines is 2. The molecule has 1 aromatic carbocycles. The molecular weight excluding hydrogens is 498 g/mol. The summed E-state index contributed by atoms with van der Waals surface area (Å²) in [7, 11) is 1.60. The van der Waals surface area contributed by atoms with Gasteiger partial charge in [-0.3, -0.25) is 4.98 Å². The molecule has 4 aromatic rings. The molecule has 3 heterocycles. The number of benzene rings is 1. The lowest BCUT2D eigenvalue weighted by molar-refractivity contribution is -0.00914. The van der Waals surface area contributed by atoms with Crippen LogP contribution < -0.4 is 11.1 Å². The number of imidazole rings is 1. The molecule has 2 aliphatic carbocycles. The molecule has 7 nitrogen and oxygen atoms in total. The van der Waals surface area contributed by atoms with E-state index in [4.69, 9.17) is 10.5 Å². The number of hydrogen-bond acceptors (Lipinski definition) is 6. The number of fused-ring (bicyclic) bond motifs is 1. The Labute approximate surface area is 226 Å². The van der Waals surface area contributed by atoms with Gasteiger partial charge in [0.1, 0.15) is 11.6 Å². The molecule has 1 fully saturated rings. The first-order valence-electron chi connectivity index (χ1n) is 13.4. The molecule has 2 aliphatic rings. The summed E-state index contributed by atoms with van der Waals surface area (Å²) >= 11 is 0. The molecule has 2 unspecified atom stereocenters. The maximum Gasteiger partial charge on any atom is 0.229 e. The number of halogens is 2. The molecule has 0 amide bonds. The van der Waals surface area contributed by atoms with E-state index >= 15 is 8.78 Å². The lowest BCUT2D eigenvalue weighted by atomic mass is 9.82. The van der Waals surface area contributed by atoms with Gasteiger partial charge in [-0.05, 0) is 80.0 Å². The van der Waals surface area contributed by atoms with E-state index in [0.29, 0.717) is 17.0 Å². The Bertz CT molecular complexity index is 1540. The third kappa shape index (κ3) is 4.70. The maximum atomic E-state index is 15.5. The average Bonchev–Trinajstić information content (AvgIpc) is 3.56. The van der Waals surface area contributed by atoms with Crippen molar-refractivity contribution in [3.8, 4) is 11.3 Å². The van der Waals surface area contributed by atoms with Crippen LogP contribution in [0.15, 0.2) is 60.6 Å². The van der Waals surface area contributed by atoms with Crippen molar-refractivity contribution in [3.05, 3.63) is 83.3 Å². The van der Waals surface area contributed by atoms with Gasteiger partial charge in [0.25, 0.3) is 0 Å². The summed E-state index contributed by atoms with van der Waals surface area (Å²) in [6, 6.07) is 8.14. The van der Waals surface area contributed by atoms with E-state index in [0.717, 1.165) is 49.8 Å². The predicted molar refractivity (Wildman–Crippen MR) is 147 cm³/mol. The fourth-order valence-electron chi connectivity index (χ4n) is 6.26. The van der Waals surface area contributed by atoms with Crippen LogP contribution in [-0.4, -0.2) is 32.7 Å². The second-order valence-electron chi connectivity index (χ2n) is 10.8. The Morgan fingerprint density at radius 1 is 1.10 bits per heavy atom. The summed E-state index contributed by atoms with van der Waals surface area (Å²) in [5.74, 6) is -0.666. The highest BCUT2D eigenvalue weighted by Gasteiger charge is 2.37. The van der Waals surface area contributed by atoms with Gasteiger partial charge in [0.15, 0.2) is 0 Å². The van der Waals surface area contributed by atoms with Crippen molar-refractivity contribution in [3.63, 3.8) is 0 Å². The highest BCUT2D eigenvalue weighted by molar-refractivity contribution is 5.66. The van der Waals surface area contributed by atoms with Crippen molar-refractivity contribution < 1.29 is 13.5 Å². The number of rotatable bonds is 6. The molecule has 39 heavy (non-hydrogen) atoms. The molecule has 2 atom stereocenters. The number of nitrogens with two attached hydrogens (primary N) is 1. The van der Waals surface area contributed by atoms with E-state index in [1.807, 2.05) is 6.07 Å². The summed E-state index contributed by atoms with van der Waals surface area (Å²) in [5, 5.41) is 7.94. The van der Waals surface area contributed by atoms with E-state index in [2.05, 4.69) is 33.4 Å². The second kappa shape index (κ2) is 10.1. The van der Waals surface area contributed by atoms with Crippen LogP contribution in [0.5, 0.6) is 0 Å². The highest BCUT2D eigenvalue weighted by atomic mass is 19.1. The first kappa shape index (κ1) is 25.6. The summed E-state index contributed by atoms with van der Waals surface area (Å²) in [5.41, 5.74) is 9.99. The number of pyridine rings is 1. The topological polar surface area (TPSA) is 90.4 Å². The quantitative estimate of drug-likeness (QED) is 0.281. The van der Waals surface area contributed by atoms with Gasteiger partial charge in [0, 0.05) is 19.3 Å². The normalized spacial score (nSPS) is 20.8. The van der Waals surface area contributed by atoms with Crippen LogP contribution in [-0.2, 0) is 10.3 Å². The first-order chi connectivity index (χ1) is 18.9. The first-order valence-corrected chi connectivity index (χ1v) is 13.4. The van der Waals surface area contributed by atoms with Gasteiger partial charge in [-0.15, -0.1) is 0 Å². The number of ether oxygens (including phenoxy) is 1. The minimum Gasteiger partial charge on any atom is -0.374 e. The van der Waals surface area contributed by atoms with Gasteiger partial charge in [-0.25, -0.2) is 13.8 Å². The molecule has 3 N–H and O–H groups in total. The minimum atomic E-state index is -0.665. The predicted octanol–water partition coefficient (Wildman–Crippen LogP) is 6.38. The van der Waals surface area contributed by atoms with Crippen molar-refractivity contribution in [2.45, 2.75) is 63.0 Å². The molecule has 9 heteroatoms. The van der Waals surface area contributed by atoms with E-state index in [1.54, 1.807) is 42.3 Å². The molecule has 0 saturated heterocycles. The molecule has 6 rings (SSSR count). The van der Waals surface area contributed by atoms with Crippen molar-refractivity contribution in [2.75, 3.05) is 12.4 Å². The molecule has 0 spiro atoms. The highest BCUT2D eigenvalue weighted by Crippen LogP contribution is 2.43. The lowest BCUT2D eigenvalue weighted by Crippen LogP contribution is -2.25. The maximum absolute atomic E-state index is 15.5. The average molecular weight is 531 g/mol. The number of methoxy groups -OCH3 is 1. The van der Waals surface area contributed by atoms with Gasteiger partial charge in [0.2, 0.25) is 5.95 Å². The smallest absolute Gasteiger partial charge is 0.229 e. The number of allylic oxidation sites excluding steroid dienone is 1. The standard InChI is InChI=1S/C30H32F2N6O/c1-18-11-19(13-21(33)12-18)23-7-10-34-17-27(23)36-29-35-16-22-5-6-26(37-38(22)29)28-24(31)14-20(15-25(28)32)30(39-2)8-3-4-9-30/h5-7,10,12,14-17,19,21H,3-4,8-9,11,13,33H2,1-2H3,(H,35,36). The van der Waals surface area contributed by atoms with Crippen molar-refractivity contribution in [1.82, 2.24) is 19.6 Å². The Hall–Kier alpha value is -3.69. The van der Waals surface area contributed by atoms with Gasteiger partial charge in [0.05, 0.1) is 40.5 Å². The number of hydrogen-bond donors (Lipinski definition) is 2. The Morgan fingerprint density at radius 3 is 2.59 bits per heavy atom.